The quantitative estimate of drug-likeness (QED) is 0.458. The van der Waals surface area contributed by atoms with Crippen LogP contribution in [-0.2, 0) is 9.53 Å². The van der Waals surface area contributed by atoms with Crippen LogP contribution in [0.3, 0.4) is 0 Å². The first-order chi connectivity index (χ1) is 5.60. The predicted octanol–water partition coefficient (Wildman–Crippen LogP) is -0.147. The summed E-state index contributed by atoms with van der Waals surface area (Å²) in [7, 11) is 3.06. The summed E-state index contributed by atoms with van der Waals surface area (Å²) in [6, 6.07) is -0.429. The van der Waals surface area contributed by atoms with Crippen molar-refractivity contribution in [2.45, 2.75) is 18.9 Å². The van der Waals surface area contributed by atoms with Crippen LogP contribution in [0.25, 0.3) is 0 Å². The fraction of sp³-hybridized carbons (Fsp3) is 0.714. The highest BCUT2D eigenvalue weighted by molar-refractivity contribution is 5.77. The number of aliphatic carboxylic acids is 1. The SMILES string of the molecule is CN=C(CC(N)CC(=O)O)OC. The first-order valence-corrected chi connectivity index (χ1v) is 3.57. The van der Waals surface area contributed by atoms with Crippen LogP contribution in [0.1, 0.15) is 12.8 Å². The van der Waals surface area contributed by atoms with Crippen molar-refractivity contribution in [1.29, 1.82) is 0 Å². The van der Waals surface area contributed by atoms with Crippen molar-refractivity contribution in [2.24, 2.45) is 10.7 Å². The average Bonchev–Trinajstić information content (AvgIpc) is 1.98. The molecule has 0 amide bonds. The Bertz CT molecular complexity index is 179. The third kappa shape index (κ3) is 4.68. The van der Waals surface area contributed by atoms with Crippen molar-refractivity contribution in [3.63, 3.8) is 0 Å². The molecule has 3 N–H and O–H groups in total. The average molecular weight is 174 g/mol. The fourth-order valence-electron chi connectivity index (χ4n) is 0.787. The second-order valence-electron chi connectivity index (χ2n) is 2.38. The summed E-state index contributed by atoms with van der Waals surface area (Å²) in [6.45, 7) is 0. The van der Waals surface area contributed by atoms with Gasteiger partial charge in [0.2, 0.25) is 0 Å². The molecule has 0 saturated carbocycles. The maximum atomic E-state index is 10.2. The number of hydrogen-bond acceptors (Lipinski definition) is 4. The van der Waals surface area contributed by atoms with Crippen LogP contribution in [0, 0.1) is 0 Å². The van der Waals surface area contributed by atoms with E-state index in [1.54, 1.807) is 7.05 Å². The van der Waals surface area contributed by atoms with Gasteiger partial charge in [-0.1, -0.05) is 0 Å². The normalized spacial score (nSPS) is 14.1. The molecule has 70 valence electrons. The van der Waals surface area contributed by atoms with Gasteiger partial charge in [0, 0.05) is 19.5 Å². The second-order valence-corrected chi connectivity index (χ2v) is 2.38. The number of rotatable bonds is 4. The molecule has 0 rings (SSSR count). The molecule has 0 radical (unpaired) electrons. The minimum absolute atomic E-state index is 0.0671. The smallest absolute Gasteiger partial charge is 0.304 e. The molecule has 12 heavy (non-hydrogen) atoms. The summed E-state index contributed by atoms with van der Waals surface area (Å²) < 4.78 is 4.83. The fourth-order valence-corrected chi connectivity index (χ4v) is 0.787. The molecular weight excluding hydrogens is 160 g/mol. The van der Waals surface area contributed by atoms with Gasteiger partial charge >= 0.3 is 5.97 Å². The van der Waals surface area contributed by atoms with Gasteiger partial charge in [-0.15, -0.1) is 0 Å². The third-order valence-corrected chi connectivity index (χ3v) is 1.36. The molecule has 5 nitrogen and oxygen atoms in total. The highest BCUT2D eigenvalue weighted by Gasteiger charge is 2.10. The van der Waals surface area contributed by atoms with E-state index in [1.165, 1.54) is 7.11 Å². The number of nitrogens with two attached hydrogens (primary N) is 1. The number of carbonyl (C=O) groups is 1. The summed E-state index contributed by atoms with van der Waals surface area (Å²) in [5, 5.41) is 8.38. The van der Waals surface area contributed by atoms with Crippen LogP contribution in [-0.4, -0.2) is 37.2 Å². The molecule has 1 unspecified atom stereocenters. The summed E-state index contributed by atoms with van der Waals surface area (Å²) in [5.41, 5.74) is 5.48. The Morgan fingerprint density at radius 2 is 2.25 bits per heavy atom. The van der Waals surface area contributed by atoms with Crippen LogP contribution < -0.4 is 5.73 Å². The topological polar surface area (TPSA) is 84.9 Å². The van der Waals surface area contributed by atoms with Gasteiger partial charge in [-0.05, 0) is 0 Å². The van der Waals surface area contributed by atoms with Gasteiger partial charge in [0.05, 0.1) is 13.5 Å². The standard InChI is InChI=1S/C7H14N2O3/c1-9-6(12-2)3-5(8)4-7(10)11/h5H,3-4,8H2,1-2H3,(H,10,11). The van der Waals surface area contributed by atoms with Gasteiger partial charge in [0.15, 0.2) is 5.90 Å². The molecule has 0 aromatic rings. The molecule has 0 aromatic carbocycles. The minimum Gasteiger partial charge on any atom is -0.484 e. The van der Waals surface area contributed by atoms with Crippen molar-refractivity contribution in [2.75, 3.05) is 14.2 Å². The largest absolute Gasteiger partial charge is 0.484 e. The molecule has 0 aliphatic rings. The lowest BCUT2D eigenvalue weighted by atomic mass is 10.1. The number of methoxy groups -OCH3 is 1. The molecule has 0 fully saturated rings. The van der Waals surface area contributed by atoms with Gasteiger partial charge in [-0.25, -0.2) is 0 Å². The van der Waals surface area contributed by atoms with Crippen molar-refractivity contribution in [3.05, 3.63) is 0 Å². The van der Waals surface area contributed by atoms with E-state index in [1.807, 2.05) is 0 Å². The molecular formula is C7H14N2O3. The second kappa shape index (κ2) is 5.54. The first kappa shape index (κ1) is 10.9. The third-order valence-electron chi connectivity index (χ3n) is 1.36. The van der Waals surface area contributed by atoms with Crippen LogP contribution in [0.2, 0.25) is 0 Å². The summed E-state index contributed by atoms with van der Waals surface area (Å²) in [6.07, 6.45) is 0.293. The predicted molar refractivity (Wildman–Crippen MR) is 45.2 cm³/mol. The van der Waals surface area contributed by atoms with Crippen LogP contribution in [0.15, 0.2) is 4.99 Å². The highest BCUT2D eigenvalue weighted by Crippen LogP contribution is 1.97. The maximum absolute atomic E-state index is 10.2. The minimum atomic E-state index is -0.908. The lowest BCUT2D eigenvalue weighted by Crippen LogP contribution is -2.27. The molecule has 0 spiro atoms. The number of hydrogen-bond donors (Lipinski definition) is 2. The monoisotopic (exact) mass is 174 g/mol. The maximum Gasteiger partial charge on any atom is 0.304 e. The van der Waals surface area contributed by atoms with Gasteiger partial charge < -0.3 is 15.6 Å². The van der Waals surface area contributed by atoms with E-state index in [-0.39, 0.29) is 6.42 Å². The molecule has 0 saturated heterocycles. The van der Waals surface area contributed by atoms with Crippen molar-refractivity contribution in [1.82, 2.24) is 0 Å². The van der Waals surface area contributed by atoms with Crippen molar-refractivity contribution >= 4 is 11.9 Å². The Morgan fingerprint density at radius 3 is 2.58 bits per heavy atom. The first-order valence-electron chi connectivity index (χ1n) is 3.57. The van der Waals surface area contributed by atoms with Crippen LogP contribution in [0.4, 0.5) is 0 Å². The van der Waals surface area contributed by atoms with E-state index in [2.05, 4.69) is 4.99 Å². The van der Waals surface area contributed by atoms with E-state index < -0.39 is 12.0 Å². The number of carboxylic acids is 1. The Labute approximate surface area is 71.2 Å². The Morgan fingerprint density at radius 1 is 1.67 bits per heavy atom. The molecule has 1 atom stereocenters. The zero-order valence-corrected chi connectivity index (χ0v) is 7.28. The van der Waals surface area contributed by atoms with Gasteiger partial charge in [0.25, 0.3) is 0 Å². The summed E-state index contributed by atoms with van der Waals surface area (Å²) in [4.78, 5) is 14.0. The van der Waals surface area contributed by atoms with E-state index in [0.29, 0.717) is 12.3 Å². The summed E-state index contributed by atoms with van der Waals surface area (Å²) >= 11 is 0. The number of aliphatic imine (C=N–C) groups is 1. The Hall–Kier alpha value is -1.10. The molecule has 0 aromatic heterocycles. The van der Waals surface area contributed by atoms with Crippen LogP contribution >= 0.6 is 0 Å². The Kier molecular flexibility index (Phi) is 5.03. The van der Waals surface area contributed by atoms with Gasteiger partial charge in [0.1, 0.15) is 0 Å². The molecule has 5 heteroatoms. The zero-order valence-electron chi connectivity index (χ0n) is 7.28. The van der Waals surface area contributed by atoms with E-state index in [4.69, 9.17) is 15.6 Å². The molecule has 0 aliphatic carbocycles. The van der Waals surface area contributed by atoms with Crippen LogP contribution in [0.5, 0.6) is 0 Å². The molecule has 0 heterocycles. The van der Waals surface area contributed by atoms with E-state index >= 15 is 0 Å². The lowest BCUT2D eigenvalue weighted by Gasteiger charge is -2.09. The number of carboxylic acid groups (broad SMARTS) is 1. The highest BCUT2D eigenvalue weighted by atomic mass is 16.5. The van der Waals surface area contributed by atoms with E-state index in [0.717, 1.165) is 0 Å². The van der Waals surface area contributed by atoms with Gasteiger partial charge in [-0.2, -0.15) is 0 Å². The zero-order chi connectivity index (χ0) is 9.56. The molecule has 0 bridgehead atoms. The molecule has 0 aliphatic heterocycles. The lowest BCUT2D eigenvalue weighted by molar-refractivity contribution is -0.137. The summed E-state index contributed by atoms with van der Waals surface area (Å²) in [5.74, 6) is -0.433. The van der Waals surface area contributed by atoms with Crippen molar-refractivity contribution in [3.8, 4) is 0 Å². The van der Waals surface area contributed by atoms with Crippen molar-refractivity contribution < 1.29 is 14.6 Å². The number of nitrogens with zero attached hydrogens (tertiary/aromatic N) is 1. The number of ether oxygens (including phenoxy) is 1. The van der Waals surface area contributed by atoms with Gasteiger partial charge in [-0.3, -0.25) is 9.79 Å². The van der Waals surface area contributed by atoms with E-state index in [9.17, 15) is 4.79 Å². The Balaban J connectivity index is 3.82.